The van der Waals surface area contributed by atoms with Gasteiger partial charge in [0.1, 0.15) is 16.6 Å². The summed E-state index contributed by atoms with van der Waals surface area (Å²) < 4.78 is 5.50. The molecule has 7 nitrogen and oxygen atoms in total. The number of hydrogen-bond acceptors (Lipinski definition) is 5. The van der Waals surface area contributed by atoms with Crippen molar-refractivity contribution < 1.29 is 9.53 Å². The number of nitrogens with one attached hydrogen (secondary N) is 3. The molecule has 1 aliphatic rings. The van der Waals surface area contributed by atoms with Gasteiger partial charge in [-0.05, 0) is 44.1 Å². The van der Waals surface area contributed by atoms with E-state index in [1.807, 2.05) is 12.1 Å². The molecule has 1 aromatic carbocycles. The van der Waals surface area contributed by atoms with Gasteiger partial charge in [-0.1, -0.05) is 0 Å². The third-order valence-electron chi connectivity index (χ3n) is 3.79. The fraction of sp³-hybridized carbons (Fsp3) is 0.462. The van der Waals surface area contributed by atoms with Crippen LogP contribution >= 0.6 is 12.4 Å². The molecule has 114 valence electrons. The average molecular weight is 312 g/mol. The van der Waals surface area contributed by atoms with E-state index in [1.165, 1.54) is 0 Å². The molecule has 2 aromatic rings. The highest BCUT2D eigenvalue weighted by molar-refractivity contribution is 5.98. The second-order valence-corrected chi connectivity index (χ2v) is 4.93. The Kier molecular flexibility index (Phi) is 4.76. The predicted molar refractivity (Wildman–Crippen MR) is 81.6 cm³/mol. The first-order chi connectivity index (χ1) is 9.73. The number of carbonyl (C=O) groups excluding carboxylic acids is 1. The molecule has 1 saturated heterocycles. The maximum absolute atomic E-state index is 12.5. The van der Waals surface area contributed by atoms with Crippen molar-refractivity contribution in [1.29, 1.82) is 0 Å². The number of halogens is 1. The molecule has 8 heteroatoms. The zero-order valence-electron chi connectivity index (χ0n) is 11.7. The number of aromatic amines is 1. The first-order valence-electron chi connectivity index (χ1n) is 6.61. The van der Waals surface area contributed by atoms with Gasteiger partial charge in [-0.2, -0.15) is 15.4 Å². The summed E-state index contributed by atoms with van der Waals surface area (Å²) in [4.78, 5) is 12.5. The van der Waals surface area contributed by atoms with Crippen LogP contribution in [0.3, 0.4) is 0 Å². The molecule has 0 saturated carbocycles. The number of benzene rings is 1. The van der Waals surface area contributed by atoms with E-state index >= 15 is 0 Å². The maximum atomic E-state index is 12.5. The molecular formula is C13H18ClN5O2. The van der Waals surface area contributed by atoms with Crippen LogP contribution in [0.1, 0.15) is 12.8 Å². The van der Waals surface area contributed by atoms with Gasteiger partial charge >= 0.3 is 0 Å². The van der Waals surface area contributed by atoms with E-state index in [9.17, 15) is 4.79 Å². The normalized spacial score (nSPS) is 17.2. The predicted octanol–water partition coefficient (Wildman–Crippen LogP) is 1.09. The first kappa shape index (κ1) is 15.7. The highest BCUT2D eigenvalue weighted by Crippen LogP contribution is 2.25. The van der Waals surface area contributed by atoms with E-state index in [-0.39, 0.29) is 18.3 Å². The van der Waals surface area contributed by atoms with E-state index in [0.717, 1.165) is 24.1 Å². The summed E-state index contributed by atoms with van der Waals surface area (Å²) in [6, 6.07) is 5.42. The molecule has 0 bridgehead atoms. The lowest BCUT2D eigenvalue weighted by molar-refractivity contribution is -0.140. The van der Waals surface area contributed by atoms with Gasteiger partial charge in [0.25, 0.3) is 5.91 Å². The molecule has 0 spiro atoms. The van der Waals surface area contributed by atoms with Crippen molar-refractivity contribution in [1.82, 2.24) is 20.7 Å². The Hall–Kier alpha value is -1.70. The van der Waals surface area contributed by atoms with Crippen LogP contribution in [0, 0.1) is 0 Å². The lowest BCUT2D eigenvalue weighted by atomic mass is 9.91. The van der Waals surface area contributed by atoms with Crippen LogP contribution < -0.4 is 10.6 Å². The summed E-state index contributed by atoms with van der Waals surface area (Å²) in [5.41, 5.74) is 1.45. The summed E-state index contributed by atoms with van der Waals surface area (Å²) in [5, 5.41) is 16.7. The van der Waals surface area contributed by atoms with Crippen molar-refractivity contribution in [3.8, 4) is 0 Å². The van der Waals surface area contributed by atoms with Crippen LogP contribution in [0.5, 0.6) is 0 Å². The third kappa shape index (κ3) is 2.99. The fourth-order valence-electron chi connectivity index (χ4n) is 2.52. The largest absolute Gasteiger partial charge is 0.368 e. The Labute approximate surface area is 128 Å². The molecule has 2 heterocycles. The van der Waals surface area contributed by atoms with E-state index in [2.05, 4.69) is 26.0 Å². The number of aromatic nitrogens is 3. The van der Waals surface area contributed by atoms with Crippen LogP contribution in [-0.2, 0) is 9.53 Å². The van der Waals surface area contributed by atoms with Gasteiger partial charge in [0.2, 0.25) is 0 Å². The molecule has 0 aliphatic carbocycles. The van der Waals surface area contributed by atoms with Gasteiger partial charge in [-0.3, -0.25) is 4.79 Å². The Morgan fingerprint density at radius 2 is 2.00 bits per heavy atom. The second-order valence-electron chi connectivity index (χ2n) is 4.93. The van der Waals surface area contributed by atoms with Crippen LogP contribution in [0.15, 0.2) is 18.2 Å². The molecule has 1 aromatic heterocycles. The number of H-pyrrole nitrogens is 1. The Morgan fingerprint density at radius 1 is 1.29 bits per heavy atom. The Balaban J connectivity index is 0.00000161. The summed E-state index contributed by atoms with van der Waals surface area (Å²) in [6.45, 7) is 1.56. The average Bonchev–Trinajstić information content (AvgIpc) is 2.95. The topological polar surface area (TPSA) is 91.9 Å². The lowest BCUT2D eigenvalue weighted by Crippen LogP contribution is -2.51. The summed E-state index contributed by atoms with van der Waals surface area (Å²) in [7, 11) is 1.59. The number of rotatable bonds is 3. The SMILES string of the molecule is COC1(C(=O)Nc2ccc3n[nH]nc3c2)CCNCC1.Cl. The highest BCUT2D eigenvalue weighted by Gasteiger charge is 2.39. The number of fused-ring (bicyclic) bond motifs is 1. The Morgan fingerprint density at radius 3 is 2.71 bits per heavy atom. The van der Waals surface area contributed by atoms with Crippen LogP contribution in [0.4, 0.5) is 5.69 Å². The second kappa shape index (κ2) is 6.38. The van der Waals surface area contributed by atoms with Crippen molar-refractivity contribution in [3.63, 3.8) is 0 Å². The summed E-state index contributed by atoms with van der Waals surface area (Å²) in [5.74, 6) is -0.107. The van der Waals surface area contributed by atoms with Gasteiger partial charge in [0, 0.05) is 12.8 Å². The van der Waals surface area contributed by atoms with Gasteiger partial charge in [0.15, 0.2) is 0 Å². The molecule has 3 rings (SSSR count). The van der Waals surface area contributed by atoms with Crippen molar-refractivity contribution >= 4 is 35.0 Å². The van der Waals surface area contributed by atoms with E-state index < -0.39 is 5.60 Å². The van der Waals surface area contributed by atoms with E-state index in [1.54, 1.807) is 13.2 Å². The monoisotopic (exact) mass is 311 g/mol. The summed E-state index contributed by atoms with van der Waals surface area (Å²) in [6.07, 6.45) is 1.34. The number of amides is 1. The fourth-order valence-corrected chi connectivity index (χ4v) is 2.52. The highest BCUT2D eigenvalue weighted by atomic mass is 35.5. The number of nitrogens with zero attached hydrogens (tertiary/aromatic N) is 2. The van der Waals surface area contributed by atoms with Crippen LogP contribution in [0.2, 0.25) is 0 Å². The molecule has 1 fully saturated rings. The minimum atomic E-state index is -0.746. The number of ether oxygens (including phenoxy) is 1. The quantitative estimate of drug-likeness (QED) is 0.789. The zero-order valence-corrected chi connectivity index (χ0v) is 12.5. The van der Waals surface area contributed by atoms with Crippen LogP contribution in [0.25, 0.3) is 11.0 Å². The molecule has 1 amide bonds. The molecule has 0 atom stereocenters. The smallest absolute Gasteiger partial charge is 0.256 e. The third-order valence-corrected chi connectivity index (χ3v) is 3.79. The number of methoxy groups -OCH3 is 1. The van der Waals surface area contributed by atoms with E-state index in [4.69, 9.17) is 4.74 Å². The standard InChI is InChI=1S/C13H17N5O2.ClH/c1-20-13(4-6-14-7-5-13)12(19)15-9-2-3-10-11(8-9)17-18-16-10;/h2-3,8,14H,4-7H2,1H3,(H,15,19)(H,16,17,18);1H. The number of piperidine rings is 1. The lowest BCUT2D eigenvalue weighted by Gasteiger charge is -2.34. The molecule has 0 radical (unpaired) electrons. The minimum absolute atomic E-state index is 0. The number of hydrogen-bond donors (Lipinski definition) is 3. The zero-order chi connectivity index (χ0) is 14.0. The molecule has 3 N–H and O–H groups in total. The van der Waals surface area contributed by atoms with E-state index in [0.29, 0.717) is 18.5 Å². The van der Waals surface area contributed by atoms with Crippen molar-refractivity contribution in [2.45, 2.75) is 18.4 Å². The van der Waals surface area contributed by atoms with Gasteiger partial charge in [-0.25, -0.2) is 0 Å². The van der Waals surface area contributed by atoms with Crippen molar-refractivity contribution in [3.05, 3.63) is 18.2 Å². The first-order valence-corrected chi connectivity index (χ1v) is 6.61. The molecule has 0 unspecified atom stereocenters. The van der Waals surface area contributed by atoms with Crippen molar-refractivity contribution in [2.75, 3.05) is 25.5 Å². The Bertz CT molecular complexity index is 624. The van der Waals surface area contributed by atoms with Gasteiger partial charge < -0.3 is 15.4 Å². The summed E-state index contributed by atoms with van der Waals surface area (Å²) >= 11 is 0. The molecule has 1 aliphatic heterocycles. The number of anilines is 1. The molecule has 21 heavy (non-hydrogen) atoms. The number of carbonyl (C=O) groups is 1. The van der Waals surface area contributed by atoms with Gasteiger partial charge in [-0.15, -0.1) is 12.4 Å². The molecular weight excluding hydrogens is 294 g/mol. The van der Waals surface area contributed by atoms with Crippen LogP contribution in [-0.4, -0.2) is 47.1 Å². The van der Waals surface area contributed by atoms with Crippen molar-refractivity contribution in [2.24, 2.45) is 0 Å². The maximum Gasteiger partial charge on any atom is 0.256 e. The minimum Gasteiger partial charge on any atom is -0.368 e. The van der Waals surface area contributed by atoms with Gasteiger partial charge in [0.05, 0.1) is 0 Å².